The molecule has 0 heterocycles. The van der Waals surface area contributed by atoms with E-state index in [0.29, 0.717) is 35.5 Å². The molecule has 0 aromatic heterocycles. The van der Waals surface area contributed by atoms with Crippen molar-refractivity contribution in [3.8, 4) is 0 Å². The van der Waals surface area contributed by atoms with E-state index in [4.69, 9.17) is 0 Å². The number of rotatable bonds is 6. The second-order valence-corrected chi connectivity index (χ2v) is 18.0. The number of likely N-dealkylation sites (N-methyl/N-ethyl adjacent to an activating group) is 1. The molecule has 8 atom stereocenters. The third kappa shape index (κ3) is 6.23. The Morgan fingerprint density at radius 3 is 2.28 bits per heavy atom. The zero-order valence-corrected chi connectivity index (χ0v) is 30.8. The van der Waals surface area contributed by atoms with Gasteiger partial charge in [0.15, 0.2) is 0 Å². The molecule has 2 N–H and O–H groups in total. The molecule has 5 aliphatic carbocycles. The van der Waals surface area contributed by atoms with Gasteiger partial charge in [0.1, 0.15) is 5.82 Å². The first-order chi connectivity index (χ1) is 22.0. The van der Waals surface area contributed by atoms with E-state index in [1.165, 1.54) is 50.7 Å². The number of carboxylic acid groups (broad SMARTS) is 1. The van der Waals surface area contributed by atoms with Gasteiger partial charge in [0.05, 0.1) is 11.0 Å². The van der Waals surface area contributed by atoms with Gasteiger partial charge in [-0.1, -0.05) is 67.0 Å². The number of carbonyl (C=O) groups excluding carboxylic acids is 1. The summed E-state index contributed by atoms with van der Waals surface area (Å²) in [5.74, 6) is 2.25. The zero-order valence-electron chi connectivity index (χ0n) is 30.8. The highest BCUT2D eigenvalue weighted by Crippen LogP contribution is 2.73. The molecular formula is C41H63FN2O3. The van der Waals surface area contributed by atoms with Gasteiger partial charge in [-0.3, -0.25) is 4.79 Å². The first-order valence-corrected chi connectivity index (χ1v) is 18.7. The smallest absolute Gasteiger partial charge is 0.338 e. The fraction of sp³-hybridized carbons (Fsp3) is 0.756. The molecule has 0 spiro atoms. The number of fused-ring (bicyclic) bond motifs is 7. The van der Waals surface area contributed by atoms with Crippen molar-refractivity contribution in [1.29, 1.82) is 0 Å². The third-order valence-electron chi connectivity index (χ3n) is 13.9. The average molecular weight is 651 g/mol. The van der Waals surface area contributed by atoms with Gasteiger partial charge in [-0.2, -0.15) is 0 Å². The van der Waals surface area contributed by atoms with Crippen LogP contribution in [0.2, 0.25) is 0 Å². The van der Waals surface area contributed by atoms with Gasteiger partial charge >= 0.3 is 5.97 Å². The molecule has 1 aromatic carbocycles. The summed E-state index contributed by atoms with van der Waals surface area (Å²) >= 11 is 0. The maximum atomic E-state index is 14.8. The number of halogens is 1. The van der Waals surface area contributed by atoms with Crippen LogP contribution in [0.15, 0.2) is 24.3 Å². The Morgan fingerprint density at radius 1 is 0.936 bits per heavy atom. The van der Waals surface area contributed by atoms with E-state index in [1.807, 2.05) is 0 Å². The number of hydrogen-bond donors (Lipinski definition) is 2. The normalized spacial score (nSPS) is 37.0. The number of benzene rings is 1. The molecule has 5 aliphatic rings. The van der Waals surface area contributed by atoms with Crippen molar-refractivity contribution in [2.45, 2.75) is 113 Å². The quantitative estimate of drug-likeness (QED) is 0.322. The molecule has 7 unspecified atom stereocenters. The van der Waals surface area contributed by atoms with Gasteiger partial charge in [-0.15, -0.1) is 0 Å². The van der Waals surface area contributed by atoms with Crippen LogP contribution in [0.4, 0.5) is 4.39 Å². The van der Waals surface area contributed by atoms with Crippen LogP contribution >= 0.6 is 0 Å². The predicted octanol–water partition coefficient (Wildman–Crippen LogP) is 9.32. The second-order valence-electron chi connectivity index (χ2n) is 18.0. The Morgan fingerprint density at radius 2 is 1.64 bits per heavy atom. The van der Waals surface area contributed by atoms with Crippen molar-refractivity contribution >= 4 is 17.4 Å². The molecule has 6 heteroatoms. The highest BCUT2D eigenvalue weighted by molar-refractivity contribution is 5.88. The Balaban J connectivity index is 0.00000103. The standard InChI is InChI=1S/C37H53FN2O3.C4H10/c1-34(2)26(23-9-10-25(32(41)42)29(38)22-23)13-17-36(4)30(34)15-18-35(3)27-14-19-37(33(43)39-20-21-40(5)6)16-7-8-28(37)24(27)11-12-31(35)36;1-4(2)3/h9-10,13,22,24,27-28,30-31H,7-8,11-12,14-21H2,1-6H3,(H,39,43)(H,41,42);4H,1-3H3/t24?,27?,28?,30?,31?,35?,36?,37-;/m0./s1. The lowest BCUT2D eigenvalue weighted by molar-refractivity contribution is -0.181. The van der Waals surface area contributed by atoms with Crippen LogP contribution in [-0.4, -0.2) is 49.1 Å². The lowest BCUT2D eigenvalue weighted by Crippen LogP contribution is -2.62. The largest absolute Gasteiger partial charge is 0.478 e. The van der Waals surface area contributed by atoms with E-state index < -0.39 is 11.8 Å². The van der Waals surface area contributed by atoms with Gasteiger partial charge < -0.3 is 15.3 Å². The first kappa shape index (κ1) is 36.1. The van der Waals surface area contributed by atoms with Crippen LogP contribution in [0.3, 0.4) is 0 Å². The fourth-order valence-corrected chi connectivity index (χ4v) is 12.1. The van der Waals surface area contributed by atoms with Crippen molar-refractivity contribution in [2.24, 2.45) is 57.2 Å². The number of carboxylic acids is 1. The van der Waals surface area contributed by atoms with Gasteiger partial charge in [-0.25, -0.2) is 9.18 Å². The molecular weight excluding hydrogens is 587 g/mol. The maximum Gasteiger partial charge on any atom is 0.338 e. The number of allylic oxidation sites excluding steroid dienone is 2. The Hall–Kier alpha value is -2.21. The molecule has 5 nitrogen and oxygen atoms in total. The maximum absolute atomic E-state index is 14.8. The number of nitrogens with one attached hydrogen (secondary N) is 1. The van der Waals surface area contributed by atoms with E-state index in [-0.39, 0.29) is 27.2 Å². The van der Waals surface area contributed by atoms with Crippen molar-refractivity contribution < 1.29 is 19.1 Å². The van der Waals surface area contributed by atoms with Crippen molar-refractivity contribution in [3.63, 3.8) is 0 Å². The second kappa shape index (κ2) is 13.2. The van der Waals surface area contributed by atoms with Crippen molar-refractivity contribution in [3.05, 3.63) is 41.2 Å². The summed E-state index contributed by atoms with van der Waals surface area (Å²) in [4.78, 5) is 27.3. The lowest BCUT2D eigenvalue weighted by atomic mass is 9.36. The minimum absolute atomic E-state index is 0.139. The van der Waals surface area contributed by atoms with E-state index in [1.54, 1.807) is 6.07 Å². The average Bonchev–Trinajstić information content (AvgIpc) is 3.42. The molecule has 4 fully saturated rings. The Bertz CT molecular complexity index is 1370. The summed E-state index contributed by atoms with van der Waals surface area (Å²) < 4.78 is 14.8. The highest BCUT2D eigenvalue weighted by Gasteiger charge is 2.66. The van der Waals surface area contributed by atoms with E-state index >= 15 is 0 Å². The first-order valence-electron chi connectivity index (χ1n) is 18.7. The zero-order chi connectivity index (χ0) is 34.5. The number of aromatic carboxylic acids is 1. The summed E-state index contributed by atoms with van der Waals surface area (Å²) in [6.07, 6.45) is 13.9. The molecule has 0 aliphatic heterocycles. The van der Waals surface area contributed by atoms with Crippen LogP contribution in [0, 0.1) is 63.0 Å². The minimum Gasteiger partial charge on any atom is -0.478 e. The van der Waals surface area contributed by atoms with Crippen LogP contribution < -0.4 is 5.32 Å². The molecule has 6 rings (SSSR count). The summed E-state index contributed by atoms with van der Waals surface area (Å²) in [5, 5.41) is 12.7. The molecule has 1 aromatic rings. The SMILES string of the molecule is CC(C)C.CN(C)CCNC(=O)[C@]12CCCC1C1CCC3C(C)(CCC4C(C)(C)C(c5ccc(C(=O)O)c(F)c5)=CCC43C)C1CC2. The molecule has 0 saturated heterocycles. The number of nitrogens with zero attached hydrogens (tertiary/aromatic N) is 1. The van der Waals surface area contributed by atoms with Crippen LogP contribution in [0.25, 0.3) is 5.57 Å². The Kier molecular flexibility index (Phi) is 10.2. The van der Waals surface area contributed by atoms with Gasteiger partial charge in [0.2, 0.25) is 5.91 Å². The lowest BCUT2D eigenvalue weighted by Gasteiger charge is -2.68. The fourth-order valence-electron chi connectivity index (χ4n) is 12.1. The monoisotopic (exact) mass is 650 g/mol. The predicted molar refractivity (Wildman–Crippen MR) is 189 cm³/mol. The van der Waals surface area contributed by atoms with Crippen LogP contribution in [0.1, 0.15) is 129 Å². The van der Waals surface area contributed by atoms with Gasteiger partial charge in [0, 0.05) is 13.1 Å². The summed E-state index contributed by atoms with van der Waals surface area (Å²) in [6.45, 7) is 17.9. The molecule has 47 heavy (non-hydrogen) atoms. The number of amides is 1. The van der Waals surface area contributed by atoms with Crippen LogP contribution in [0.5, 0.6) is 0 Å². The summed E-state index contributed by atoms with van der Waals surface area (Å²) in [5.41, 5.74) is 1.86. The van der Waals surface area contributed by atoms with Crippen LogP contribution in [-0.2, 0) is 4.79 Å². The molecule has 4 saturated carbocycles. The van der Waals surface area contributed by atoms with Gasteiger partial charge in [-0.05, 0) is 147 Å². The Labute approximate surface area is 284 Å². The molecule has 1 amide bonds. The van der Waals surface area contributed by atoms with Crippen molar-refractivity contribution in [1.82, 2.24) is 10.2 Å². The number of carbonyl (C=O) groups is 2. The van der Waals surface area contributed by atoms with E-state index in [0.717, 1.165) is 55.8 Å². The van der Waals surface area contributed by atoms with Gasteiger partial charge in [0.25, 0.3) is 0 Å². The number of hydrogen-bond acceptors (Lipinski definition) is 3. The molecule has 262 valence electrons. The summed E-state index contributed by atoms with van der Waals surface area (Å²) in [7, 11) is 4.12. The molecule has 0 bridgehead atoms. The topological polar surface area (TPSA) is 69.6 Å². The van der Waals surface area contributed by atoms with Crippen molar-refractivity contribution in [2.75, 3.05) is 27.2 Å². The van der Waals surface area contributed by atoms with E-state index in [9.17, 15) is 19.1 Å². The third-order valence-corrected chi connectivity index (χ3v) is 13.9. The van der Waals surface area contributed by atoms with E-state index in [2.05, 4.69) is 78.9 Å². The minimum atomic E-state index is -1.22. The molecule has 0 radical (unpaired) electrons. The highest BCUT2D eigenvalue weighted by atomic mass is 19.1. The summed E-state index contributed by atoms with van der Waals surface area (Å²) in [6, 6.07) is 4.66.